The molecule has 0 amide bonds. The van der Waals surface area contributed by atoms with Gasteiger partial charge < -0.3 is 9.41 Å². The third-order valence-electron chi connectivity index (χ3n) is 4.97. The number of halogens is 2. The molecule has 2 rings (SSSR count). The van der Waals surface area contributed by atoms with Crippen molar-refractivity contribution >= 4 is 0 Å². The topological polar surface area (TPSA) is 0 Å². The first-order valence-electron chi connectivity index (χ1n) is 6.11. The Morgan fingerprint density at radius 1 is 1.00 bits per heavy atom. The van der Waals surface area contributed by atoms with Gasteiger partial charge in [-0.1, -0.05) is 0 Å². The Morgan fingerprint density at radius 3 is 1.82 bits per heavy atom. The monoisotopic (exact) mass is 317 g/mol. The summed E-state index contributed by atoms with van der Waals surface area (Å²) < 4.78 is 1.73. The van der Waals surface area contributed by atoms with Crippen LogP contribution in [0.15, 0.2) is 20.0 Å². The smallest absolute Gasteiger partial charge is 1.00 e. The fourth-order valence-corrected chi connectivity index (χ4v) is 4.87. The van der Waals surface area contributed by atoms with Gasteiger partial charge in [0.1, 0.15) is 0 Å². The van der Waals surface area contributed by atoms with E-state index in [1.165, 1.54) is 25.7 Å². The Hall–Kier alpha value is 0.223. The molecule has 3 heteroatoms. The van der Waals surface area contributed by atoms with E-state index in [1.807, 2.05) is 0 Å². The Labute approximate surface area is 119 Å². The first-order chi connectivity index (χ1) is 6.99. The van der Waals surface area contributed by atoms with Crippen LogP contribution < -0.4 is 9.41 Å². The van der Waals surface area contributed by atoms with Gasteiger partial charge >= 0.3 is 109 Å². The van der Waals surface area contributed by atoms with E-state index in [-0.39, 0.29) is 9.41 Å². The molecule has 0 aromatic carbocycles. The van der Waals surface area contributed by atoms with E-state index in [0.29, 0.717) is 5.41 Å². The summed E-state index contributed by atoms with van der Waals surface area (Å²) in [6.07, 6.45) is 5.81. The van der Waals surface area contributed by atoms with Gasteiger partial charge in [0.05, 0.1) is 0 Å². The second-order valence-corrected chi connectivity index (χ2v) is 6.66. The van der Waals surface area contributed by atoms with Gasteiger partial charge in [-0.2, -0.15) is 0 Å². The molecular weight excluding hydrogens is 297 g/mol. The van der Waals surface area contributed by atoms with E-state index in [9.17, 15) is 0 Å². The van der Waals surface area contributed by atoms with Crippen LogP contribution in [0.4, 0.5) is 0 Å². The first kappa shape index (κ1) is 17.2. The van der Waals surface area contributed by atoms with Crippen molar-refractivity contribution in [2.45, 2.75) is 53.4 Å². The number of rotatable bonds is 1. The standard InChI is InChI=1S/C14H21.2FH.Zr/c1-10-9-14(4,12(3)11(10)2)13-7-5-6-8-13;;;/h13H,5-8H2,1-4H3;2*1H;/q;;;+2/p-2. The average molecular weight is 319 g/mol. The molecule has 0 saturated heterocycles. The van der Waals surface area contributed by atoms with Crippen molar-refractivity contribution in [2.75, 3.05) is 0 Å². The van der Waals surface area contributed by atoms with Crippen LogP contribution in [0.5, 0.6) is 0 Å². The van der Waals surface area contributed by atoms with Crippen LogP contribution in [0.2, 0.25) is 0 Å². The van der Waals surface area contributed by atoms with Gasteiger partial charge in [-0.25, -0.2) is 0 Å². The molecule has 0 radical (unpaired) electrons. The Bertz CT molecular complexity index is 325. The summed E-state index contributed by atoms with van der Waals surface area (Å²) in [7, 11) is 0. The van der Waals surface area contributed by atoms with E-state index in [1.54, 1.807) is 44.7 Å². The molecule has 0 nitrogen and oxygen atoms in total. The summed E-state index contributed by atoms with van der Waals surface area (Å²) in [4.78, 5) is 0. The number of hydrogen-bond donors (Lipinski definition) is 0. The fourth-order valence-electron chi connectivity index (χ4n) is 3.45. The van der Waals surface area contributed by atoms with E-state index in [4.69, 9.17) is 0 Å². The molecule has 1 fully saturated rings. The van der Waals surface area contributed by atoms with Crippen LogP contribution in [0.1, 0.15) is 53.4 Å². The SMILES string of the molecule is CC1=C(C)C(C)(C2CCCC2)[C]([Zr+2])=C1C.[F-].[F-]. The zero-order valence-electron chi connectivity index (χ0n) is 11.2. The second kappa shape index (κ2) is 5.91. The van der Waals surface area contributed by atoms with Crippen LogP contribution >= 0.6 is 0 Å². The summed E-state index contributed by atoms with van der Waals surface area (Å²) in [6.45, 7) is 9.51. The van der Waals surface area contributed by atoms with Crippen LogP contribution in [-0.2, 0) is 24.7 Å². The molecule has 0 heterocycles. The van der Waals surface area contributed by atoms with E-state index < -0.39 is 0 Å². The molecule has 1 unspecified atom stereocenters. The van der Waals surface area contributed by atoms with Gasteiger partial charge in [-0.05, 0) is 0 Å². The molecular formula is C14H21F2Zr. The molecule has 2 aliphatic rings. The largest absolute Gasteiger partial charge is 1.00 e. The zero-order valence-corrected chi connectivity index (χ0v) is 13.6. The van der Waals surface area contributed by atoms with Crippen LogP contribution in [0.25, 0.3) is 0 Å². The molecule has 0 aromatic heterocycles. The second-order valence-electron chi connectivity index (χ2n) is 5.43. The molecule has 2 aliphatic carbocycles. The van der Waals surface area contributed by atoms with Crippen molar-refractivity contribution in [2.24, 2.45) is 11.3 Å². The van der Waals surface area contributed by atoms with Crippen molar-refractivity contribution in [3.05, 3.63) is 20.0 Å². The van der Waals surface area contributed by atoms with Gasteiger partial charge in [0, 0.05) is 0 Å². The van der Waals surface area contributed by atoms with Crippen molar-refractivity contribution in [1.29, 1.82) is 0 Å². The summed E-state index contributed by atoms with van der Waals surface area (Å²) in [5.74, 6) is 0.930. The summed E-state index contributed by atoms with van der Waals surface area (Å²) >= 11 is 1.63. The van der Waals surface area contributed by atoms with Gasteiger partial charge in [-0.15, -0.1) is 0 Å². The van der Waals surface area contributed by atoms with Gasteiger partial charge in [0.25, 0.3) is 0 Å². The quantitative estimate of drug-likeness (QED) is 0.544. The molecule has 1 saturated carbocycles. The summed E-state index contributed by atoms with van der Waals surface area (Å²) in [5, 5.41) is 0. The van der Waals surface area contributed by atoms with Crippen LogP contribution in [-0.4, -0.2) is 0 Å². The van der Waals surface area contributed by atoms with E-state index in [2.05, 4.69) is 27.7 Å². The van der Waals surface area contributed by atoms with E-state index in [0.717, 1.165) is 5.92 Å². The molecule has 1 atom stereocenters. The van der Waals surface area contributed by atoms with Gasteiger partial charge in [0.2, 0.25) is 0 Å². The molecule has 0 spiro atoms. The molecule has 0 N–H and O–H groups in total. The molecule has 0 bridgehead atoms. The minimum Gasteiger partial charge on any atom is -1.00 e. The van der Waals surface area contributed by atoms with Crippen molar-refractivity contribution < 1.29 is 34.1 Å². The fraction of sp³-hybridized carbons (Fsp3) is 0.714. The van der Waals surface area contributed by atoms with Crippen molar-refractivity contribution in [1.82, 2.24) is 0 Å². The minimum atomic E-state index is 0. The Balaban J connectivity index is 0.00000128. The van der Waals surface area contributed by atoms with E-state index >= 15 is 0 Å². The molecule has 17 heavy (non-hydrogen) atoms. The number of allylic oxidation sites excluding steroid dienone is 4. The van der Waals surface area contributed by atoms with Crippen LogP contribution in [0.3, 0.4) is 0 Å². The van der Waals surface area contributed by atoms with Crippen molar-refractivity contribution in [3.8, 4) is 0 Å². The predicted octanol–water partition coefficient (Wildman–Crippen LogP) is -1.64. The van der Waals surface area contributed by atoms with Gasteiger partial charge in [-0.3, -0.25) is 0 Å². The van der Waals surface area contributed by atoms with Crippen LogP contribution in [0, 0.1) is 11.3 Å². The minimum absolute atomic E-state index is 0. The zero-order chi connectivity index (χ0) is 11.2. The van der Waals surface area contributed by atoms with Gasteiger partial charge in [0.15, 0.2) is 0 Å². The maximum absolute atomic E-state index is 2.50. The first-order valence-corrected chi connectivity index (χ1v) is 7.33. The third kappa shape index (κ3) is 2.37. The summed E-state index contributed by atoms with van der Waals surface area (Å²) in [5.41, 5.74) is 5.28. The maximum atomic E-state index is 2.50. The predicted molar refractivity (Wildman–Crippen MR) is 61.1 cm³/mol. The Kier molecular flexibility index (Phi) is 5.99. The normalized spacial score (nSPS) is 29.5. The Morgan fingerprint density at radius 2 is 1.47 bits per heavy atom. The summed E-state index contributed by atoms with van der Waals surface area (Å²) in [6, 6.07) is 0. The average Bonchev–Trinajstić information content (AvgIpc) is 2.81. The maximum Gasteiger partial charge on any atom is -1.00 e. The molecule has 0 aromatic rings. The number of hydrogen-bond acceptors (Lipinski definition) is 0. The van der Waals surface area contributed by atoms with Crippen molar-refractivity contribution in [3.63, 3.8) is 0 Å². The third-order valence-corrected chi connectivity index (χ3v) is 7.17. The molecule has 0 aliphatic heterocycles. The molecule has 95 valence electrons.